The second kappa shape index (κ2) is 8.05. The van der Waals surface area contributed by atoms with Gasteiger partial charge in [-0.05, 0) is 24.6 Å². The number of halogens is 2. The van der Waals surface area contributed by atoms with E-state index in [0.29, 0.717) is 29.4 Å². The van der Waals surface area contributed by atoms with Crippen LogP contribution in [0.4, 0.5) is 0 Å². The van der Waals surface area contributed by atoms with Crippen molar-refractivity contribution in [1.29, 1.82) is 0 Å². The van der Waals surface area contributed by atoms with E-state index in [9.17, 15) is 9.59 Å². The van der Waals surface area contributed by atoms with E-state index >= 15 is 0 Å². The molecule has 0 bridgehead atoms. The Balaban J connectivity index is 2.85. The summed E-state index contributed by atoms with van der Waals surface area (Å²) in [4.78, 5) is 24.6. The zero-order valence-electron chi connectivity index (χ0n) is 12.0. The van der Waals surface area contributed by atoms with Gasteiger partial charge in [-0.1, -0.05) is 41.4 Å². The molecule has 0 saturated carbocycles. The van der Waals surface area contributed by atoms with Crippen molar-refractivity contribution in [2.75, 3.05) is 13.6 Å². The summed E-state index contributed by atoms with van der Waals surface area (Å²) in [6.45, 7) is 6.05. The van der Waals surface area contributed by atoms with E-state index in [1.165, 1.54) is 4.90 Å². The van der Waals surface area contributed by atoms with Gasteiger partial charge in [0.1, 0.15) is 6.04 Å². The molecule has 2 amide bonds. The first-order valence-electron chi connectivity index (χ1n) is 6.38. The number of nitrogens with one attached hydrogen (secondary N) is 1. The second-order valence-electron chi connectivity index (χ2n) is 4.94. The Morgan fingerprint density at radius 2 is 2.10 bits per heavy atom. The van der Waals surface area contributed by atoms with Gasteiger partial charge in [-0.3, -0.25) is 9.59 Å². The van der Waals surface area contributed by atoms with E-state index in [1.807, 2.05) is 6.92 Å². The molecule has 0 spiro atoms. The Labute approximate surface area is 134 Å². The van der Waals surface area contributed by atoms with Crippen molar-refractivity contribution < 1.29 is 9.59 Å². The lowest BCUT2D eigenvalue weighted by atomic mass is 10.0. The van der Waals surface area contributed by atoms with Gasteiger partial charge in [-0.15, -0.1) is 0 Å². The van der Waals surface area contributed by atoms with Crippen LogP contribution in [0.25, 0.3) is 0 Å². The van der Waals surface area contributed by atoms with Crippen LogP contribution in [-0.2, 0) is 16.0 Å². The van der Waals surface area contributed by atoms with E-state index in [1.54, 1.807) is 25.2 Å². The molecule has 0 aromatic heterocycles. The molecular weight excluding hydrogens is 311 g/mol. The zero-order chi connectivity index (χ0) is 16.0. The van der Waals surface area contributed by atoms with Gasteiger partial charge < -0.3 is 10.2 Å². The van der Waals surface area contributed by atoms with Gasteiger partial charge in [0.25, 0.3) is 0 Å². The summed E-state index contributed by atoms with van der Waals surface area (Å²) >= 11 is 11.8. The quantitative estimate of drug-likeness (QED) is 0.618. The molecule has 21 heavy (non-hydrogen) atoms. The number of benzene rings is 1. The minimum Gasteiger partial charge on any atom is -0.347 e. The lowest BCUT2D eigenvalue weighted by Gasteiger charge is -2.23. The first-order valence-corrected chi connectivity index (χ1v) is 7.13. The number of nitrogens with zero attached hydrogens (tertiary/aromatic N) is 1. The van der Waals surface area contributed by atoms with Crippen LogP contribution in [0, 0.1) is 0 Å². The highest BCUT2D eigenvalue weighted by Crippen LogP contribution is 2.23. The number of likely N-dealkylation sites (N-methyl/N-ethyl adjacent to an activating group) is 1. The Bertz CT molecular complexity index is 546. The highest BCUT2D eigenvalue weighted by Gasteiger charge is 2.22. The van der Waals surface area contributed by atoms with Crippen molar-refractivity contribution in [3.63, 3.8) is 0 Å². The second-order valence-corrected chi connectivity index (χ2v) is 5.76. The zero-order valence-corrected chi connectivity index (χ0v) is 13.5. The largest absolute Gasteiger partial charge is 0.347 e. The fraction of sp³-hybridized carbons (Fsp3) is 0.333. The molecule has 0 unspecified atom stereocenters. The number of hydrogen-bond donors (Lipinski definition) is 1. The molecule has 6 heteroatoms. The summed E-state index contributed by atoms with van der Waals surface area (Å²) in [6.07, 6.45) is 0.865. The van der Waals surface area contributed by atoms with E-state index in [0.717, 1.165) is 11.1 Å². The Kier molecular flexibility index (Phi) is 6.72. The standard InChI is InChI=1S/C15H18Cl2N2O2/c1-10(2)8-19(3)15(21)14(18-9-20)7-11-4-5-12(16)13(17)6-11/h4-6,9,14H,1,7-8H2,2-3H3,(H,18,20)/t14-/m0/s1. The topological polar surface area (TPSA) is 49.4 Å². The Morgan fingerprint density at radius 3 is 2.62 bits per heavy atom. The molecule has 1 aromatic rings. The van der Waals surface area contributed by atoms with Gasteiger partial charge in [0, 0.05) is 20.0 Å². The molecule has 0 aliphatic carbocycles. The first-order chi connectivity index (χ1) is 9.85. The molecule has 0 saturated heterocycles. The molecule has 1 atom stereocenters. The lowest BCUT2D eigenvalue weighted by Crippen LogP contribution is -2.46. The average molecular weight is 329 g/mol. The van der Waals surface area contributed by atoms with E-state index < -0.39 is 6.04 Å². The van der Waals surface area contributed by atoms with Gasteiger partial charge in [0.15, 0.2) is 0 Å². The van der Waals surface area contributed by atoms with Gasteiger partial charge in [0.2, 0.25) is 12.3 Å². The molecule has 0 radical (unpaired) electrons. The summed E-state index contributed by atoms with van der Waals surface area (Å²) in [7, 11) is 1.67. The van der Waals surface area contributed by atoms with Crippen molar-refractivity contribution >= 4 is 35.5 Å². The van der Waals surface area contributed by atoms with Crippen molar-refractivity contribution in [3.8, 4) is 0 Å². The minimum absolute atomic E-state index is 0.184. The van der Waals surface area contributed by atoms with Crippen LogP contribution in [0.1, 0.15) is 12.5 Å². The van der Waals surface area contributed by atoms with E-state index in [-0.39, 0.29) is 5.91 Å². The SMILES string of the molecule is C=C(C)CN(C)C(=O)[C@H](Cc1ccc(Cl)c(Cl)c1)NC=O. The summed E-state index contributed by atoms with van der Waals surface area (Å²) < 4.78 is 0. The molecule has 1 N–H and O–H groups in total. The fourth-order valence-electron chi connectivity index (χ4n) is 1.95. The van der Waals surface area contributed by atoms with E-state index in [2.05, 4.69) is 11.9 Å². The van der Waals surface area contributed by atoms with Crippen LogP contribution in [0.15, 0.2) is 30.4 Å². The summed E-state index contributed by atoms with van der Waals surface area (Å²) in [5, 5.41) is 3.41. The average Bonchev–Trinajstić information content (AvgIpc) is 2.40. The maximum Gasteiger partial charge on any atom is 0.245 e. The molecule has 0 heterocycles. The molecule has 4 nitrogen and oxygen atoms in total. The molecule has 0 fully saturated rings. The third-order valence-corrected chi connectivity index (χ3v) is 3.61. The summed E-state index contributed by atoms with van der Waals surface area (Å²) in [6, 6.07) is 4.48. The molecule has 114 valence electrons. The summed E-state index contributed by atoms with van der Waals surface area (Å²) in [5.74, 6) is -0.184. The van der Waals surface area contributed by atoms with Crippen molar-refractivity contribution in [2.24, 2.45) is 0 Å². The van der Waals surface area contributed by atoms with Crippen LogP contribution < -0.4 is 5.32 Å². The maximum absolute atomic E-state index is 12.3. The predicted octanol–water partition coefficient (Wildman–Crippen LogP) is 2.69. The smallest absolute Gasteiger partial charge is 0.245 e. The normalized spacial score (nSPS) is 11.6. The number of amides is 2. The van der Waals surface area contributed by atoms with Gasteiger partial charge in [-0.2, -0.15) is 0 Å². The van der Waals surface area contributed by atoms with E-state index in [4.69, 9.17) is 23.2 Å². The molecule has 1 rings (SSSR count). The first kappa shape index (κ1) is 17.5. The maximum atomic E-state index is 12.3. The highest BCUT2D eigenvalue weighted by atomic mass is 35.5. The molecule has 1 aromatic carbocycles. The number of carbonyl (C=O) groups excluding carboxylic acids is 2. The number of rotatable bonds is 7. The third kappa shape index (κ3) is 5.40. The van der Waals surface area contributed by atoms with Crippen LogP contribution in [0.2, 0.25) is 10.0 Å². The highest BCUT2D eigenvalue weighted by molar-refractivity contribution is 6.42. The lowest BCUT2D eigenvalue weighted by molar-refractivity contribution is -0.133. The van der Waals surface area contributed by atoms with Crippen LogP contribution in [0.5, 0.6) is 0 Å². The van der Waals surface area contributed by atoms with Crippen molar-refractivity contribution in [2.45, 2.75) is 19.4 Å². The number of carbonyl (C=O) groups is 2. The summed E-state index contributed by atoms with van der Waals surface area (Å²) in [5.41, 5.74) is 1.69. The van der Waals surface area contributed by atoms with Gasteiger partial charge in [0.05, 0.1) is 10.0 Å². The van der Waals surface area contributed by atoms with Crippen molar-refractivity contribution in [3.05, 3.63) is 46.0 Å². The van der Waals surface area contributed by atoms with Crippen LogP contribution in [0.3, 0.4) is 0 Å². The van der Waals surface area contributed by atoms with Gasteiger partial charge >= 0.3 is 0 Å². The monoisotopic (exact) mass is 328 g/mol. The van der Waals surface area contributed by atoms with Crippen LogP contribution in [-0.4, -0.2) is 36.9 Å². The molecule has 0 aliphatic heterocycles. The van der Waals surface area contributed by atoms with Crippen molar-refractivity contribution in [1.82, 2.24) is 10.2 Å². The fourth-order valence-corrected chi connectivity index (χ4v) is 2.27. The minimum atomic E-state index is -0.649. The third-order valence-electron chi connectivity index (χ3n) is 2.87. The molecule has 0 aliphatic rings. The van der Waals surface area contributed by atoms with Crippen LogP contribution >= 0.6 is 23.2 Å². The number of hydrogen-bond acceptors (Lipinski definition) is 2. The Morgan fingerprint density at radius 1 is 1.43 bits per heavy atom. The molecular formula is C15H18Cl2N2O2. The Hall–Kier alpha value is -1.52. The van der Waals surface area contributed by atoms with Gasteiger partial charge in [-0.25, -0.2) is 0 Å². The predicted molar refractivity (Wildman–Crippen MR) is 85.6 cm³/mol.